The molecule has 31 heavy (non-hydrogen) atoms. The molecule has 0 spiro atoms. The van der Waals surface area contributed by atoms with Gasteiger partial charge in [0.25, 0.3) is 10.0 Å². The molecule has 0 aliphatic heterocycles. The fourth-order valence-electron chi connectivity index (χ4n) is 3.29. The van der Waals surface area contributed by atoms with Crippen molar-refractivity contribution >= 4 is 27.5 Å². The normalized spacial score (nSPS) is 11.3. The molecule has 0 amide bonds. The second-order valence-electron chi connectivity index (χ2n) is 7.18. The number of aromatic nitrogens is 4. The summed E-state index contributed by atoms with van der Waals surface area (Å²) in [4.78, 5) is 8.94. The minimum Gasteiger partial charge on any atom is -0.340 e. The average molecular weight is 435 g/mol. The Morgan fingerprint density at radius 2 is 1.65 bits per heavy atom. The summed E-state index contributed by atoms with van der Waals surface area (Å²) in [7, 11) is -2.24. The van der Waals surface area contributed by atoms with E-state index in [-0.39, 0.29) is 10.8 Å². The van der Waals surface area contributed by atoms with Gasteiger partial charge in [0.15, 0.2) is 0 Å². The van der Waals surface area contributed by atoms with Crippen molar-refractivity contribution in [2.45, 2.75) is 18.7 Å². The number of rotatable bonds is 6. The monoisotopic (exact) mass is 434 g/mol. The van der Waals surface area contributed by atoms with Gasteiger partial charge in [0, 0.05) is 30.6 Å². The van der Waals surface area contributed by atoms with Gasteiger partial charge in [0.2, 0.25) is 5.95 Å². The number of hydrogen-bond acceptors (Lipinski definition) is 6. The van der Waals surface area contributed by atoms with Crippen molar-refractivity contribution in [3.63, 3.8) is 0 Å². The molecule has 8 nitrogen and oxygen atoms in total. The molecule has 0 unspecified atom stereocenters. The molecule has 0 saturated heterocycles. The van der Waals surface area contributed by atoms with Crippen molar-refractivity contribution in [3.05, 3.63) is 78.1 Å². The summed E-state index contributed by atoms with van der Waals surface area (Å²) in [5.74, 6) is 0.449. The third kappa shape index (κ3) is 4.56. The van der Waals surface area contributed by atoms with E-state index >= 15 is 0 Å². The van der Waals surface area contributed by atoms with E-state index in [1.165, 1.54) is 17.1 Å². The van der Waals surface area contributed by atoms with Gasteiger partial charge in [-0.25, -0.2) is 18.1 Å². The van der Waals surface area contributed by atoms with Crippen LogP contribution in [0.5, 0.6) is 0 Å². The van der Waals surface area contributed by atoms with Crippen molar-refractivity contribution in [2.24, 2.45) is 7.05 Å². The smallest absolute Gasteiger partial charge is 0.267 e. The van der Waals surface area contributed by atoms with Gasteiger partial charge in [-0.1, -0.05) is 36.4 Å². The van der Waals surface area contributed by atoms with Crippen LogP contribution in [0.1, 0.15) is 11.1 Å². The Kier molecular flexibility index (Phi) is 5.43. The zero-order valence-electron chi connectivity index (χ0n) is 17.4. The molecule has 2 aromatic carbocycles. The van der Waals surface area contributed by atoms with E-state index in [4.69, 9.17) is 0 Å². The van der Waals surface area contributed by atoms with Crippen LogP contribution in [0.4, 0.5) is 17.5 Å². The lowest BCUT2D eigenvalue weighted by Crippen LogP contribution is -2.15. The van der Waals surface area contributed by atoms with Crippen LogP contribution in [0, 0.1) is 13.8 Å². The van der Waals surface area contributed by atoms with Gasteiger partial charge in [0.05, 0.1) is 11.9 Å². The number of hydrogen-bond donors (Lipinski definition) is 2. The number of anilines is 3. The predicted molar refractivity (Wildman–Crippen MR) is 121 cm³/mol. The lowest BCUT2D eigenvalue weighted by atomic mass is 10.00. The van der Waals surface area contributed by atoms with Gasteiger partial charge in [-0.3, -0.25) is 4.68 Å². The highest BCUT2D eigenvalue weighted by Gasteiger charge is 2.19. The zero-order chi connectivity index (χ0) is 22.0. The maximum Gasteiger partial charge on any atom is 0.267 e. The molecule has 9 heteroatoms. The molecule has 0 fully saturated rings. The Balaban J connectivity index is 1.79. The highest BCUT2D eigenvalue weighted by Crippen LogP contribution is 2.29. The van der Waals surface area contributed by atoms with Crippen LogP contribution in [0.25, 0.3) is 11.3 Å². The van der Waals surface area contributed by atoms with Gasteiger partial charge in [-0.05, 0) is 37.1 Å². The predicted octanol–water partition coefficient (Wildman–Crippen LogP) is 4.04. The third-order valence-electron chi connectivity index (χ3n) is 4.73. The standard InChI is InChI=1S/C22H22N6O2S/c1-15-8-7-9-16(2)21(15)19-12-20(24-17-10-5-4-6-11-17)26-22(25-19)27-31(29,30)18-13-23-28(3)14-18/h4-14H,1-3H3,(H2,24,25,26,27). The first-order valence-electron chi connectivity index (χ1n) is 9.61. The number of nitrogens with zero attached hydrogens (tertiary/aromatic N) is 4. The minimum absolute atomic E-state index is 0.0255. The van der Waals surface area contributed by atoms with Crippen LogP contribution in [-0.2, 0) is 17.1 Å². The number of aryl methyl sites for hydroxylation is 3. The Morgan fingerprint density at radius 1 is 0.935 bits per heavy atom. The minimum atomic E-state index is -3.89. The fourth-order valence-corrected chi connectivity index (χ4v) is 4.22. The fraction of sp³-hybridized carbons (Fsp3) is 0.136. The second kappa shape index (κ2) is 8.19. The van der Waals surface area contributed by atoms with Crippen molar-refractivity contribution in [1.29, 1.82) is 0 Å². The lowest BCUT2D eigenvalue weighted by molar-refractivity contribution is 0.600. The first kappa shape index (κ1) is 20.5. The molecular weight excluding hydrogens is 412 g/mol. The Hall–Kier alpha value is -3.72. The van der Waals surface area contributed by atoms with Gasteiger partial charge in [-0.2, -0.15) is 10.1 Å². The summed E-state index contributed by atoms with van der Waals surface area (Å²) in [6.45, 7) is 3.99. The molecule has 0 radical (unpaired) electrons. The van der Waals surface area contributed by atoms with Crippen molar-refractivity contribution in [2.75, 3.05) is 10.0 Å². The quantitative estimate of drug-likeness (QED) is 0.475. The Labute approximate surface area is 181 Å². The van der Waals surface area contributed by atoms with Gasteiger partial charge in [0.1, 0.15) is 10.7 Å². The average Bonchev–Trinajstić information content (AvgIpc) is 3.16. The van der Waals surface area contributed by atoms with E-state index in [2.05, 4.69) is 25.1 Å². The van der Waals surface area contributed by atoms with Crippen LogP contribution >= 0.6 is 0 Å². The number of sulfonamides is 1. The molecule has 2 N–H and O–H groups in total. The van der Waals surface area contributed by atoms with E-state index in [0.29, 0.717) is 11.5 Å². The summed E-state index contributed by atoms with van der Waals surface area (Å²) in [6, 6.07) is 17.3. The highest BCUT2D eigenvalue weighted by atomic mass is 32.2. The van der Waals surface area contributed by atoms with Crippen molar-refractivity contribution in [3.8, 4) is 11.3 Å². The van der Waals surface area contributed by atoms with E-state index in [1.807, 2.05) is 68.4 Å². The SMILES string of the molecule is Cc1cccc(C)c1-c1cc(Nc2ccccc2)nc(NS(=O)(=O)c2cnn(C)c2)n1. The van der Waals surface area contributed by atoms with Gasteiger partial charge < -0.3 is 5.32 Å². The Bertz CT molecular complexity index is 1310. The van der Waals surface area contributed by atoms with Crippen molar-refractivity contribution < 1.29 is 8.42 Å². The molecule has 2 aromatic heterocycles. The molecule has 0 bridgehead atoms. The summed E-state index contributed by atoms with van der Waals surface area (Å²) in [6.07, 6.45) is 2.70. The summed E-state index contributed by atoms with van der Waals surface area (Å²) in [5.41, 5.74) is 4.45. The molecule has 4 aromatic rings. The first-order valence-corrected chi connectivity index (χ1v) is 11.1. The molecule has 0 saturated carbocycles. The molecule has 2 heterocycles. The number of nitrogens with one attached hydrogen (secondary N) is 2. The first-order chi connectivity index (χ1) is 14.8. The second-order valence-corrected chi connectivity index (χ2v) is 8.86. The maximum atomic E-state index is 12.8. The molecule has 0 atom stereocenters. The lowest BCUT2D eigenvalue weighted by Gasteiger charge is -2.14. The molecule has 0 aliphatic rings. The third-order valence-corrected chi connectivity index (χ3v) is 6.01. The summed E-state index contributed by atoms with van der Waals surface area (Å²) < 4.78 is 29.5. The highest BCUT2D eigenvalue weighted by molar-refractivity contribution is 7.92. The molecule has 4 rings (SSSR count). The van der Waals surface area contributed by atoms with Gasteiger partial charge >= 0.3 is 0 Å². The van der Waals surface area contributed by atoms with Crippen LogP contribution in [0.2, 0.25) is 0 Å². The van der Waals surface area contributed by atoms with Crippen LogP contribution in [0.15, 0.2) is 71.9 Å². The number of para-hydroxylation sites is 1. The van der Waals surface area contributed by atoms with Crippen LogP contribution in [-0.4, -0.2) is 28.2 Å². The number of benzene rings is 2. The van der Waals surface area contributed by atoms with E-state index < -0.39 is 10.0 Å². The maximum absolute atomic E-state index is 12.8. The largest absolute Gasteiger partial charge is 0.340 e. The zero-order valence-corrected chi connectivity index (χ0v) is 18.2. The molecule has 158 valence electrons. The van der Waals surface area contributed by atoms with E-state index in [1.54, 1.807) is 7.05 Å². The van der Waals surface area contributed by atoms with Gasteiger partial charge in [-0.15, -0.1) is 0 Å². The van der Waals surface area contributed by atoms with Crippen LogP contribution < -0.4 is 10.0 Å². The molecule has 0 aliphatic carbocycles. The topological polar surface area (TPSA) is 102 Å². The summed E-state index contributed by atoms with van der Waals surface area (Å²) >= 11 is 0. The molecular formula is C22H22N6O2S. The van der Waals surface area contributed by atoms with E-state index in [9.17, 15) is 8.42 Å². The van der Waals surface area contributed by atoms with Crippen LogP contribution in [0.3, 0.4) is 0 Å². The Morgan fingerprint density at radius 3 is 2.29 bits per heavy atom. The van der Waals surface area contributed by atoms with E-state index in [0.717, 1.165) is 22.4 Å². The summed E-state index contributed by atoms with van der Waals surface area (Å²) in [5, 5.41) is 7.15. The van der Waals surface area contributed by atoms with Crippen molar-refractivity contribution in [1.82, 2.24) is 19.7 Å².